The first-order valence-electron chi connectivity index (χ1n) is 10.4. The fourth-order valence-corrected chi connectivity index (χ4v) is 5.08. The maximum absolute atomic E-state index is 13.7. The Morgan fingerprint density at radius 3 is 2.64 bits per heavy atom. The van der Waals surface area contributed by atoms with Gasteiger partial charge in [-0.25, -0.2) is 9.37 Å². The highest BCUT2D eigenvalue weighted by Crippen LogP contribution is 2.46. The van der Waals surface area contributed by atoms with Gasteiger partial charge in [0.15, 0.2) is 22.9 Å². The minimum Gasteiger partial charge on any atom is -0.504 e. The molecule has 1 aliphatic rings. The summed E-state index contributed by atoms with van der Waals surface area (Å²) in [5, 5.41) is 22.0. The van der Waals surface area contributed by atoms with E-state index in [9.17, 15) is 32.6 Å². The predicted molar refractivity (Wildman–Crippen MR) is 122 cm³/mol. The molecular weight excluding hydrogens is 504 g/mol. The first-order valence-corrected chi connectivity index (χ1v) is 11.3. The summed E-state index contributed by atoms with van der Waals surface area (Å²) in [6.07, 6.45) is -6.81. The van der Waals surface area contributed by atoms with Gasteiger partial charge in [-0.1, -0.05) is 23.5 Å². The molecule has 36 heavy (non-hydrogen) atoms. The van der Waals surface area contributed by atoms with Gasteiger partial charge in [0.1, 0.15) is 17.3 Å². The maximum Gasteiger partial charge on any atom is 0.573 e. The van der Waals surface area contributed by atoms with Crippen LogP contribution in [0.25, 0.3) is 16.0 Å². The van der Waals surface area contributed by atoms with Gasteiger partial charge in [0.05, 0.1) is 21.8 Å². The summed E-state index contributed by atoms with van der Waals surface area (Å²) in [5.74, 6) is -2.20. The second-order valence-electron chi connectivity index (χ2n) is 7.95. The topological polar surface area (TPSA) is 96.0 Å². The van der Waals surface area contributed by atoms with E-state index in [2.05, 4.69) is 9.72 Å². The molecule has 1 fully saturated rings. The molecule has 2 aromatic carbocycles. The molecule has 186 valence electrons. The van der Waals surface area contributed by atoms with E-state index in [1.54, 1.807) is 13.0 Å². The Kier molecular flexibility index (Phi) is 5.72. The van der Waals surface area contributed by atoms with Crippen molar-refractivity contribution in [1.82, 2.24) is 4.98 Å². The fraction of sp³-hybridized carbons (Fsp3) is 0.167. The van der Waals surface area contributed by atoms with Gasteiger partial charge in [0, 0.05) is 0 Å². The molecule has 0 amide bonds. The summed E-state index contributed by atoms with van der Waals surface area (Å²) in [4.78, 5) is 18.8. The van der Waals surface area contributed by atoms with Gasteiger partial charge in [0.25, 0.3) is 0 Å². The van der Waals surface area contributed by atoms with Crippen LogP contribution in [0.2, 0.25) is 0 Å². The van der Waals surface area contributed by atoms with Crippen LogP contribution in [0.15, 0.2) is 64.6 Å². The minimum atomic E-state index is -4.97. The Morgan fingerprint density at radius 2 is 1.94 bits per heavy atom. The molecule has 7 nitrogen and oxygen atoms in total. The normalized spacial score (nSPS) is 19.8. The van der Waals surface area contributed by atoms with Crippen LogP contribution in [0.4, 0.5) is 22.7 Å². The largest absolute Gasteiger partial charge is 0.573 e. The SMILES string of the molecule is Cc1ccc(C(O)=C2C(=O)C(O)N(c3nc4ccc(F)cc4s3)C2c2cccc(OC(F)(F)F)c2)o1. The van der Waals surface area contributed by atoms with Crippen LogP contribution < -0.4 is 9.64 Å². The van der Waals surface area contributed by atoms with Crippen LogP contribution in [-0.4, -0.2) is 33.6 Å². The number of aromatic nitrogens is 1. The van der Waals surface area contributed by atoms with E-state index < -0.39 is 41.7 Å². The van der Waals surface area contributed by atoms with Gasteiger partial charge < -0.3 is 24.3 Å². The molecule has 0 spiro atoms. The van der Waals surface area contributed by atoms with Crippen molar-refractivity contribution >= 4 is 38.2 Å². The molecule has 0 saturated carbocycles. The van der Waals surface area contributed by atoms with E-state index in [0.29, 0.717) is 16.0 Å². The Labute approximate surface area is 204 Å². The predicted octanol–water partition coefficient (Wildman–Crippen LogP) is 5.65. The highest BCUT2D eigenvalue weighted by Gasteiger charge is 2.48. The summed E-state index contributed by atoms with van der Waals surface area (Å²) in [6.45, 7) is 1.62. The highest BCUT2D eigenvalue weighted by atomic mass is 32.1. The molecule has 0 aliphatic carbocycles. The van der Waals surface area contributed by atoms with Crippen molar-refractivity contribution in [2.75, 3.05) is 4.90 Å². The summed E-state index contributed by atoms with van der Waals surface area (Å²) in [5.41, 5.74) is 0.163. The Balaban J connectivity index is 1.71. The lowest BCUT2D eigenvalue weighted by atomic mass is 9.96. The summed E-state index contributed by atoms with van der Waals surface area (Å²) >= 11 is 0.964. The van der Waals surface area contributed by atoms with Crippen molar-refractivity contribution in [3.63, 3.8) is 0 Å². The van der Waals surface area contributed by atoms with Crippen LogP contribution >= 0.6 is 11.3 Å². The van der Waals surface area contributed by atoms with Gasteiger partial charge in [-0.3, -0.25) is 4.79 Å². The molecule has 12 heteroatoms. The van der Waals surface area contributed by atoms with Crippen LogP contribution in [0.1, 0.15) is 23.1 Å². The zero-order valence-corrected chi connectivity index (χ0v) is 19.1. The number of hydrogen-bond donors (Lipinski definition) is 2. The zero-order valence-electron chi connectivity index (χ0n) is 18.3. The minimum absolute atomic E-state index is 0.0658. The number of hydrogen-bond acceptors (Lipinski definition) is 8. The average molecular weight is 520 g/mol. The molecule has 4 aromatic rings. The number of thiazole rings is 1. The van der Waals surface area contributed by atoms with Crippen LogP contribution in [-0.2, 0) is 4.79 Å². The number of halogens is 4. The van der Waals surface area contributed by atoms with Gasteiger partial charge in [-0.05, 0) is 55.0 Å². The molecule has 2 aromatic heterocycles. The summed E-state index contributed by atoms with van der Waals surface area (Å²) in [7, 11) is 0. The van der Waals surface area contributed by atoms with E-state index >= 15 is 0 Å². The van der Waals surface area contributed by atoms with E-state index in [4.69, 9.17) is 4.42 Å². The third kappa shape index (κ3) is 4.29. The highest BCUT2D eigenvalue weighted by molar-refractivity contribution is 7.22. The van der Waals surface area contributed by atoms with E-state index in [-0.39, 0.29) is 22.0 Å². The molecule has 3 heterocycles. The number of alkyl halides is 3. The number of aryl methyl sites for hydroxylation is 1. The lowest BCUT2D eigenvalue weighted by molar-refractivity contribution is -0.274. The van der Waals surface area contributed by atoms with Crippen molar-refractivity contribution in [2.45, 2.75) is 25.6 Å². The number of benzene rings is 2. The average Bonchev–Trinajstić information content (AvgIpc) is 3.48. The molecule has 1 aliphatic heterocycles. The Bertz CT molecular complexity index is 1510. The van der Waals surface area contributed by atoms with Gasteiger partial charge >= 0.3 is 6.36 Å². The number of aliphatic hydroxyl groups is 2. The number of carbonyl (C=O) groups is 1. The third-order valence-electron chi connectivity index (χ3n) is 5.51. The lowest BCUT2D eigenvalue weighted by Gasteiger charge is -2.26. The molecule has 2 unspecified atom stereocenters. The monoisotopic (exact) mass is 520 g/mol. The number of anilines is 1. The lowest BCUT2D eigenvalue weighted by Crippen LogP contribution is -2.34. The first kappa shape index (κ1) is 23.8. The third-order valence-corrected chi connectivity index (χ3v) is 6.54. The number of furan rings is 1. The second kappa shape index (κ2) is 8.64. The van der Waals surface area contributed by atoms with Gasteiger partial charge in [-0.15, -0.1) is 13.2 Å². The van der Waals surface area contributed by atoms with Crippen molar-refractivity contribution in [2.24, 2.45) is 0 Å². The van der Waals surface area contributed by atoms with Gasteiger partial charge in [0.2, 0.25) is 5.78 Å². The van der Waals surface area contributed by atoms with Gasteiger partial charge in [-0.2, -0.15) is 0 Å². The smallest absolute Gasteiger partial charge is 0.504 e. The Morgan fingerprint density at radius 1 is 1.17 bits per heavy atom. The molecule has 2 atom stereocenters. The second-order valence-corrected chi connectivity index (χ2v) is 8.96. The van der Waals surface area contributed by atoms with E-state index in [0.717, 1.165) is 28.4 Å². The fourth-order valence-electron chi connectivity index (χ4n) is 4.04. The number of ether oxygens (including phenoxy) is 1. The van der Waals surface area contributed by atoms with Crippen molar-refractivity contribution < 1.29 is 41.7 Å². The number of aliphatic hydroxyl groups excluding tert-OH is 2. The number of nitrogens with zero attached hydrogens (tertiary/aromatic N) is 2. The number of ketones is 1. The molecule has 0 radical (unpaired) electrons. The molecular formula is C24H16F4N2O5S. The van der Waals surface area contributed by atoms with E-state index in [1.165, 1.54) is 36.4 Å². The number of fused-ring (bicyclic) bond motifs is 1. The zero-order chi connectivity index (χ0) is 25.8. The number of rotatable bonds is 4. The van der Waals surface area contributed by atoms with Crippen LogP contribution in [0.3, 0.4) is 0 Å². The summed E-state index contributed by atoms with van der Waals surface area (Å²) < 4.78 is 62.2. The molecule has 1 saturated heterocycles. The van der Waals surface area contributed by atoms with E-state index in [1.807, 2.05) is 0 Å². The molecule has 5 rings (SSSR count). The van der Waals surface area contributed by atoms with Crippen molar-refractivity contribution in [1.29, 1.82) is 0 Å². The standard InChI is InChI=1S/C24H16F4N2O5S/c1-11-5-8-16(34-11)20(31)18-19(12-3-2-4-14(9-12)35-24(26,27)28)30(22(33)21(18)32)23-29-15-7-6-13(25)10-17(15)36-23/h2-10,19,22,31,33H,1H3. The maximum atomic E-state index is 13.7. The number of carbonyl (C=O) groups excluding carboxylic acids is 1. The quantitative estimate of drug-likeness (QED) is 0.204. The first-order chi connectivity index (χ1) is 17.0. The summed E-state index contributed by atoms with van der Waals surface area (Å²) in [6, 6.07) is 10.4. The Hall–Kier alpha value is -3.90. The molecule has 0 bridgehead atoms. The molecule has 2 N–H and O–H groups in total. The number of Topliss-reactive ketones (excluding diaryl/α,β-unsaturated/α-hetero) is 1. The van der Waals surface area contributed by atoms with Crippen LogP contribution in [0.5, 0.6) is 5.75 Å². The van der Waals surface area contributed by atoms with Crippen molar-refractivity contribution in [3.05, 3.63) is 83.1 Å². The van der Waals surface area contributed by atoms with Crippen LogP contribution in [0, 0.1) is 12.7 Å². The van der Waals surface area contributed by atoms with Crippen molar-refractivity contribution in [3.8, 4) is 5.75 Å².